The van der Waals surface area contributed by atoms with Crippen LogP contribution in [0.2, 0.25) is 0 Å². The summed E-state index contributed by atoms with van der Waals surface area (Å²) in [6.07, 6.45) is -2.15. The average Bonchev–Trinajstić information content (AvgIpc) is 3.24. The first-order valence-corrected chi connectivity index (χ1v) is 9.84. The number of aromatic nitrogens is 2. The van der Waals surface area contributed by atoms with Gasteiger partial charge in [0.1, 0.15) is 36.4 Å². The Bertz CT molecular complexity index is 1010. The number of imidazole rings is 1. The summed E-state index contributed by atoms with van der Waals surface area (Å²) in [7, 11) is 1.33. The molecule has 3 heterocycles. The van der Waals surface area contributed by atoms with Gasteiger partial charge in [-0.1, -0.05) is 0 Å². The summed E-state index contributed by atoms with van der Waals surface area (Å²) < 4.78 is 39.9. The molecular formula is C20H23F2N5O4. The maximum Gasteiger partial charge on any atom is 0.259 e. The van der Waals surface area contributed by atoms with Crippen molar-refractivity contribution in [1.29, 1.82) is 0 Å². The maximum atomic E-state index is 13.6. The lowest BCUT2D eigenvalue weighted by Gasteiger charge is -2.21. The van der Waals surface area contributed by atoms with E-state index >= 15 is 0 Å². The molecule has 2 aliphatic heterocycles. The molecule has 0 bridgehead atoms. The number of benzene rings is 1. The number of carbonyl (C=O) groups is 2. The third-order valence-electron chi connectivity index (χ3n) is 5.51. The smallest absolute Gasteiger partial charge is 0.259 e. The molecule has 2 aliphatic rings. The molecular weight excluding hydrogens is 412 g/mol. The number of hydrogen-bond donors (Lipinski definition) is 2. The van der Waals surface area contributed by atoms with E-state index in [0.717, 1.165) is 4.90 Å². The molecule has 1 aromatic carbocycles. The zero-order valence-corrected chi connectivity index (χ0v) is 17.0. The molecule has 0 radical (unpaired) electrons. The Balaban J connectivity index is 1.69. The van der Waals surface area contributed by atoms with Crippen LogP contribution in [0.5, 0.6) is 5.75 Å². The lowest BCUT2D eigenvalue weighted by Crippen LogP contribution is -2.39. The topological polar surface area (TPSA) is 112 Å². The minimum absolute atomic E-state index is 0.0953. The molecule has 2 aromatic rings. The zero-order valence-electron chi connectivity index (χ0n) is 17.0. The van der Waals surface area contributed by atoms with Crippen molar-refractivity contribution in [2.45, 2.75) is 44.5 Å². The number of anilines is 2. The molecule has 31 heavy (non-hydrogen) atoms. The van der Waals surface area contributed by atoms with Gasteiger partial charge in [-0.3, -0.25) is 14.5 Å². The van der Waals surface area contributed by atoms with E-state index in [1.54, 1.807) is 35.9 Å². The highest BCUT2D eigenvalue weighted by molar-refractivity contribution is 5.99. The minimum Gasteiger partial charge on any atom is -0.491 e. The van der Waals surface area contributed by atoms with E-state index in [1.165, 1.54) is 7.11 Å². The standard InChI is InChI=1S/C20H23F2N5O4/c1-10(18(23)28)24-11-3-4-12-14(7-11)31-6-5-26-9-16(25-19(12)26)27-13(17(21)22)8-15(30-2)20(27)29/h3-4,7,9-10,13,15,17,24H,5-6,8H2,1-2H3,(H2,23,28)/t10?,13-,15-/m0/s1. The molecule has 4 rings (SSSR count). The molecule has 1 aromatic heterocycles. The molecule has 0 aliphatic carbocycles. The summed E-state index contributed by atoms with van der Waals surface area (Å²) in [4.78, 5) is 29.5. The predicted molar refractivity (Wildman–Crippen MR) is 108 cm³/mol. The molecule has 166 valence electrons. The third-order valence-corrected chi connectivity index (χ3v) is 5.51. The van der Waals surface area contributed by atoms with E-state index in [1.807, 2.05) is 0 Å². The number of fused-ring (bicyclic) bond motifs is 3. The molecule has 0 saturated carbocycles. The van der Waals surface area contributed by atoms with Crippen LogP contribution >= 0.6 is 0 Å². The van der Waals surface area contributed by atoms with E-state index in [0.29, 0.717) is 36.0 Å². The Labute approximate surface area is 177 Å². The van der Waals surface area contributed by atoms with Crippen LogP contribution < -0.4 is 20.7 Å². The normalized spacial score (nSPS) is 21.3. The first-order valence-electron chi connectivity index (χ1n) is 9.84. The van der Waals surface area contributed by atoms with Crippen LogP contribution in [0.1, 0.15) is 13.3 Å². The van der Waals surface area contributed by atoms with Crippen LogP contribution in [0.25, 0.3) is 11.4 Å². The van der Waals surface area contributed by atoms with Gasteiger partial charge in [0.25, 0.3) is 12.3 Å². The van der Waals surface area contributed by atoms with Crippen molar-refractivity contribution in [3.8, 4) is 17.1 Å². The van der Waals surface area contributed by atoms with Gasteiger partial charge < -0.3 is 25.1 Å². The summed E-state index contributed by atoms with van der Waals surface area (Å²) in [6.45, 7) is 2.39. The van der Waals surface area contributed by atoms with Crippen molar-refractivity contribution in [2.75, 3.05) is 23.9 Å². The number of primary amides is 1. The lowest BCUT2D eigenvalue weighted by molar-refractivity contribution is -0.125. The summed E-state index contributed by atoms with van der Waals surface area (Å²) in [6, 6.07) is 3.36. The molecule has 1 saturated heterocycles. The van der Waals surface area contributed by atoms with Crippen LogP contribution in [-0.2, 0) is 20.9 Å². The summed E-state index contributed by atoms with van der Waals surface area (Å²) in [5.74, 6) is 0.151. The van der Waals surface area contributed by atoms with Gasteiger partial charge in [0.05, 0.1) is 12.1 Å². The molecule has 2 amide bonds. The van der Waals surface area contributed by atoms with Gasteiger partial charge in [0, 0.05) is 31.5 Å². The molecule has 3 N–H and O–H groups in total. The molecule has 9 nitrogen and oxygen atoms in total. The predicted octanol–water partition coefficient (Wildman–Crippen LogP) is 1.61. The second kappa shape index (κ2) is 8.14. The first kappa shape index (κ1) is 21.0. The van der Waals surface area contributed by atoms with Gasteiger partial charge in [0.2, 0.25) is 5.91 Å². The highest BCUT2D eigenvalue weighted by Crippen LogP contribution is 2.38. The number of alkyl halides is 2. The lowest BCUT2D eigenvalue weighted by atomic mass is 10.1. The number of carbonyl (C=O) groups excluding carboxylic acids is 2. The number of nitrogens with zero attached hydrogens (tertiary/aromatic N) is 3. The van der Waals surface area contributed by atoms with Crippen molar-refractivity contribution in [1.82, 2.24) is 9.55 Å². The minimum atomic E-state index is -2.72. The molecule has 1 unspecified atom stereocenters. The number of nitrogens with two attached hydrogens (primary N) is 1. The van der Waals surface area contributed by atoms with Crippen LogP contribution in [0.3, 0.4) is 0 Å². The Hall–Kier alpha value is -3.21. The van der Waals surface area contributed by atoms with Gasteiger partial charge in [-0.25, -0.2) is 13.8 Å². The fraction of sp³-hybridized carbons (Fsp3) is 0.450. The Morgan fingerprint density at radius 2 is 2.19 bits per heavy atom. The highest BCUT2D eigenvalue weighted by Gasteiger charge is 2.46. The van der Waals surface area contributed by atoms with Crippen LogP contribution in [-0.4, -0.2) is 59.7 Å². The molecule has 11 heteroatoms. The van der Waals surface area contributed by atoms with Gasteiger partial charge in [-0.2, -0.15) is 0 Å². The SMILES string of the molecule is CO[C@H]1C[C@@H](C(F)F)N(c2cn3c(n2)-c2ccc(NC(C)C(N)=O)cc2OCC3)C1=O. The number of hydrogen-bond acceptors (Lipinski definition) is 6. The van der Waals surface area contributed by atoms with Gasteiger partial charge in [-0.15, -0.1) is 0 Å². The largest absolute Gasteiger partial charge is 0.491 e. The highest BCUT2D eigenvalue weighted by atomic mass is 19.3. The van der Waals surface area contributed by atoms with Crippen LogP contribution in [0.15, 0.2) is 24.4 Å². The van der Waals surface area contributed by atoms with Gasteiger partial charge in [0.15, 0.2) is 5.82 Å². The number of rotatable bonds is 6. The zero-order chi connectivity index (χ0) is 22.3. The molecule has 0 spiro atoms. The number of amides is 2. The average molecular weight is 435 g/mol. The van der Waals surface area contributed by atoms with Gasteiger partial charge in [-0.05, 0) is 19.1 Å². The summed E-state index contributed by atoms with van der Waals surface area (Å²) in [5.41, 5.74) is 6.58. The van der Waals surface area contributed by atoms with Crippen molar-refractivity contribution in [2.24, 2.45) is 5.73 Å². The van der Waals surface area contributed by atoms with E-state index in [9.17, 15) is 18.4 Å². The van der Waals surface area contributed by atoms with E-state index < -0.39 is 36.4 Å². The van der Waals surface area contributed by atoms with Crippen molar-refractivity contribution in [3.05, 3.63) is 24.4 Å². The Kier molecular flexibility index (Phi) is 5.52. The van der Waals surface area contributed by atoms with Gasteiger partial charge >= 0.3 is 0 Å². The maximum absolute atomic E-state index is 13.6. The van der Waals surface area contributed by atoms with Crippen molar-refractivity contribution < 1.29 is 27.8 Å². The first-order chi connectivity index (χ1) is 14.8. The molecule has 3 atom stereocenters. The monoisotopic (exact) mass is 435 g/mol. The van der Waals surface area contributed by atoms with E-state index in [4.69, 9.17) is 15.2 Å². The number of nitrogens with one attached hydrogen (secondary N) is 1. The second-order valence-corrected chi connectivity index (χ2v) is 7.51. The third kappa shape index (κ3) is 3.80. The van der Waals surface area contributed by atoms with E-state index in [-0.39, 0.29) is 12.2 Å². The van der Waals surface area contributed by atoms with Crippen LogP contribution in [0, 0.1) is 0 Å². The summed E-state index contributed by atoms with van der Waals surface area (Å²) >= 11 is 0. The Morgan fingerprint density at radius 3 is 2.87 bits per heavy atom. The van der Waals surface area contributed by atoms with Crippen molar-refractivity contribution >= 4 is 23.3 Å². The van der Waals surface area contributed by atoms with Crippen molar-refractivity contribution in [3.63, 3.8) is 0 Å². The fourth-order valence-corrected chi connectivity index (χ4v) is 3.83. The fourth-order valence-electron chi connectivity index (χ4n) is 3.83. The quantitative estimate of drug-likeness (QED) is 0.713. The second-order valence-electron chi connectivity index (χ2n) is 7.51. The van der Waals surface area contributed by atoms with E-state index in [2.05, 4.69) is 10.3 Å². The number of methoxy groups -OCH3 is 1. The molecule has 1 fully saturated rings. The Morgan fingerprint density at radius 1 is 1.42 bits per heavy atom. The summed E-state index contributed by atoms with van der Waals surface area (Å²) in [5, 5.41) is 2.99. The number of halogens is 2. The van der Waals surface area contributed by atoms with Crippen LogP contribution in [0.4, 0.5) is 20.3 Å². The number of ether oxygens (including phenoxy) is 2.